The second kappa shape index (κ2) is 8.81. The first-order valence-corrected chi connectivity index (χ1v) is 10.0. The number of carbonyl (C=O) groups is 1. The van der Waals surface area contributed by atoms with Crippen molar-refractivity contribution < 1.29 is 18.3 Å². The molecule has 2 heterocycles. The number of carbonyl (C=O) groups excluding carboxylic acids is 1. The topological polar surface area (TPSA) is 57.7 Å². The lowest BCUT2D eigenvalue weighted by molar-refractivity contribution is -0.0964. The molecule has 0 unspecified atom stereocenters. The maximum atomic E-state index is 12.6. The van der Waals surface area contributed by atoms with Gasteiger partial charge in [-0.2, -0.15) is 0 Å². The molecule has 1 aromatic heterocycles. The van der Waals surface area contributed by atoms with E-state index in [-0.39, 0.29) is 11.7 Å². The van der Waals surface area contributed by atoms with E-state index >= 15 is 0 Å². The van der Waals surface area contributed by atoms with Crippen LogP contribution in [0.3, 0.4) is 0 Å². The number of nitrogens with one attached hydrogen (secondary N) is 1. The van der Waals surface area contributed by atoms with Crippen LogP contribution in [0.25, 0.3) is 0 Å². The molecule has 3 rings (SSSR count). The number of likely N-dealkylation sites (N-methyl/N-ethyl adjacent to an activating group) is 1. The molecule has 0 bridgehead atoms. The van der Waals surface area contributed by atoms with Crippen molar-refractivity contribution in [1.82, 2.24) is 9.88 Å². The molecular weight excluding hydrogens is 470 g/mol. The van der Waals surface area contributed by atoms with Crippen molar-refractivity contribution in [3.8, 4) is 5.75 Å². The maximum absolute atomic E-state index is 12.6. The quantitative estimate of drug-likeness (QED) is 0.610. The minimum Gasteiger partial charge on any atom is -0.420 e. The highest BCUT2D eigenvalue weighted by Crippen LogP contribution is 2.29. The number of benzene rings is 1. The number of anilines is 2. The van der Waals surface area contributed by atoms with Crippen LogP contribution < -0.4 is 15.0 Å². The predicted molar refractivity (Wildman–Crippen MR) is 112 cm³/mol. The smallest absolute Gasteiger partial charge is 0.420 e. The van der Waals surface area contributed by atoms with Gasteiger partial charge in [-0.05, 0) is 66.8 Å². The molecule has 1 atom stereocenters. The summed E-state index contributed by atoms with van der Waals surface area (Å²) in [5, 5.41) is 2.69. The highest BCUT2D eigenvalue weighted by molar-refractivity contribution is 9.10. The Balaban J connectivity index is 1.65. The van der Waals surface area contributed by atoms with Crippen molar-refractivity contribution in [2.45, 2.75) is 18.0 Å². The second-order valence-electron chi connectivity index (χ2n) is 6.91. The minimum atomic E-state index is -3.79. The summed E-state index contributed by atoms with van der Waals surface area (Å²) in [4.78, 5) is 21.3. The van der Waals surface area contributed by atoms with E-state index in [1.165, 1.54) is 30.5 Å². The minimum absolute atomic E-state index is 0.113. The molecule has 0 saturated carbocycles. The standard InChI is InChI=1S/C19H20BrClF2N4O2/c1-26(2)14-7-8-27(11-14)17-16(20)9-12(10-24-17)18(28)25-13-3-5-15(6-4-13)29-19(21,22)23/h3-6,9-10,14H,7-8,11H2,1-2H3,(H,25,28)/t14-/m0/s1. The molecule has 10 heteroatoms. The third-order valence-corrected chi connectivity index (χ3v) is 5.28. The van der Waals surface area contributed by atoms with Crippen LogP contribution in [0.4, 0.5) is 20.3 Å². The van der Waals surface area contributed by atoms with E-state index < -0.39 is 5.57 Å². The molecule has 6 nitrogen and oxygen atoms in total. The third kappa shape index (κ3) is 5.77. The van der Waals surface area contributed by atoms with Crippen molar-refractivity contribution in [3.63, 3.8) is 0 Å². The Bertz CT molecular complexity index is 878. The Labute approximate surface area is 180 Å². The molecule has 1 N–H and O–H groups in total. The van der Waals surface area contributed by atoms with Crippen LogP contribution in [0.5, 0.6) is 5.75 Å². The van der Waals surface area contributed by atoms with Crippen LogP contribution in [0.1, 0.15) is 16.8 Å². The number of amides is 1. The van der Waals surface area contributed by atoms with Gasteiger partial charge < -0.3 is 19.9 Å². The molecule has 1 aliphatic rings. The fourth-order valence-corrected chi connectivity index (χ4v) is 3.78. The third-order valence-electron chi connectivity index (χ3n) is 4.62. The van der Waals surface area contributed by atoms with Crippen LogP contribution in [-0.2, 0) is 0 Å². The maximum Gasteiger partial charge on any atom is 0.487 e. The van der Waals surface area contributed by atoms with E-state index in [1.807, 2.05) is 0 Å². The number of hydrogen-bond acceptors (Lipinski definition) is 5. The average Bonchev–Trinajstić information content (AvgIpc) is 3.12. The van der Waals surface area contributed by atoms with Gasteiger partial charge in [0.15, 0.2) is 0 Å². The fourth-order valence-electron chi connectivity index (χ4n) is 3.09. The van der Waals surface area contributed by atoms with Gasteiger partial charge in [-0.25, -0.2) is 4.98 Å². The van der Waals surface area contributed by atoms with Crippen molar-refractivity contribution in [2.24, 2.45) is 0 Å². The van der Waals surface area contributed by atoms with Crippen LogP contribution in [-0.4, -0.2) is 54.6 Å². The Morgan fingerprint density at radius 2 is 2.07 bits per heavy atom. The zero-order chi connectivity index (χ0) is 21.2. The van der Waals surface area contributed by atoms with E-state index in [9.17, 15) is 13.6 Å². The van der Waals surface area contributed by atoms with Gasteiger partial charge in [0, 0.05) is 42.6 Å². The SMILES string of the molecule is CN(C)[C@H]1CCN(c2ncc(C(=O)Nc3ccc(OC(F)(F)Cl)cc3)cc2Br)C1. The molecule has 1 amide bonds. The predicted octanol–water partition coefficient (Wildman–Crippen LogP) is 4.40. The highest BCUT2D eigenvalue weighted by Gasteiger charge is 2.28. The van der Waals surface area contributed by atoms with Crippen LogP contribution in [0.15, 0.2) is 41.0 Å². The van der Waals surface area contributed by atoms with Crippen LogP contribution >= 0.6 is 27.5 Å². The fraction of sp³-hybridized carbons (Fsp3) is 0.368. The largest absolute Gasteiger partial charge is 0.487 e. The van der Waals surface area contributed by atoms with Gasteiger partial charge in [-0.3, -0.25) is 4.79 Å². The summed E-state index contributed by atoms with van der Waals surface area (Å²) < 4.78 is 30.3. The summed E-state index contributed by atoms with van der Waals surface area (Å²) in [7, 11) is 4.12. The van der Waals surface area contributed by atoms with E-state index in [0.29, 0.717) is 17.3 Å². The molecule has 1 aliphatic heterocycles. The summed E-state index contributed by atoms with van der Waals surface area (Å²) in [6, 6.07) is 7.65. The molecule has 1 aromatic carbocycles. The number of rotatable bonds is 6. The molecule has 1 saturated heterocycles. The molecular formula is C19H20BrClF2N4O2. The zero-order valence-electron chi connectivity index (χ0n) is 15.8. The monoisotopic (exact) mass is 488 g/mol. The van der Waals surface area contributed by atoms with Gasteiger partial charge in [0.25, 0.3) is 5.91 Å². The lowest BCUT2D eigenvalue weighted by Gasteiger charge is -2.22. The number of ether oxygens (including phenoxy) is 1. The second-order valence-corrected chi connectivity index (χ2v) is 8.20. The summed E-state index contributed by atoms with van der Waals surface area (Å²) >= 11 is 8.23. The molecule has 0 spiro atoms. The number of nitrogens with zero attached hydrogens (tertiary/aromatic N) is 3. The normalized spacial score (nSPS) is 16.9. The molecule has 29 heavy (non-hydrogen) atoms. The van der Waals surface area contributed by atoms with Crippen molar-refractivity contribution in [1.29, 1.82) is 0 Å². The molecule has 0 aliphatic carbocycles. The summed E-state index contributed by atoms with van der Waals surface area (Å²) in [5.74, 6) is 0.321. The number of pyridine rings is 1. The van der Waals surface area contributed by atoms with Crippen molar-refractivity contribution in [3.05, 3.63) is 46.6 Å². The van der Waals surface area contributed by atoms with Gasteiger partial charge in [0.05, 0.1) is 10.0 Å². The van der Waals surface area contributed by atoms with E-state index in [2.05, 4.69) is 54.9 Å². The first-order valence-electron chi connectivity index (χ1n) is 8.86. The van der Waals surface area contributed by atoms with Crippen molar-refractivity contribution in [2.75, 3.05) is 37.4 Å². The Kier molecular flexibility index (Phi) is 6.60. The molecule has 1 fully saturated rings. The number of alkyl halides is 3. The number of hydrogen-bond donors (Lipinski definition) is 1. The lowest BCUT2D eigenvalue weighted by Crippen LogP contribution is -2.31. The first kappa shape index (κ1) is 21.7. The van der Waals surface area contributed by atoms with E-state index in [1.54, 1.807) is 6.07 Å². The average molecular weight is 490 g/mol. The lowest BCUT2D eigenvalue weighted by atomic mass is 10.2. The van der Waals surface area contributed by atoms with Gasteiger partial charge in [0.1, 0.15) is 11.6 Å². The molecule has 156 valence electrons. The number of halogens is 4. The number of aromatic nitrogens is 1. The van der Waals surface area contributed by atoms with Crippen molar-refractivity contribution >= 4 is 44.9 Å². The van der Waals surface area contributed by atoms with Crippen LogP contribution in [0, 0.1) is 0 Å². The summed E-state index contributed by atoms with van der Waals surface area (Å²) in [5.41, 5.74) is -2.99. The van der Waals surface area contributed by atoms with E-state index in [4.69, 9.17) is 11.6 Å². The van der Waals surface area contributed by atoms with Gasteiger partial charge in [-0.1, -0.05) is 0 Å². The van der Waals surface area contributed by atoms with Gasteiger partial charge in [0.2, 0.25) is 0 Å². The Morgan fingerprint density at radius 1 is 1.38 bits per heavy atom. The molecule has 2 aromatic rings. The molecule has 0 radical (unpaired) electrons. The van der Waals surface area contributed by atoms with Gasteiger partial charge in [-0.15, -0.1) is 8.78 Å². The Morgan fingerprint density at radius 3 is 2.62 bits per heavy atom. The zero-order valence-corrected chi connectivity index (χ0v) is 18.2. The summed E-state index contributed by atoms with van der Waals surface area (Å²) in [6.45, 7) is 1.77. The summed E-state index contributed by atoms with van der Waals surface area (Å²) in [6.07, 6.45) is 2.57. The highest BCUT2D eigenvalue weighted by atomic mass is 79.9. The Hall–Kier alpha value is -1.97. The van der Waals surface area contributed by atoms with E-state index in [0.717, 1.165) is 29.8 Å². The van der Waals surface area contributed by atoms with Gasteiger partial charge >= 0.3 is 5.57 Å². The van der Waals surface area contributed by atoms with Crippen LogP contribution in [0.2, 0.25) is 0 Å². The first-order chi connectivity index (χ1) is 13.6.